The van der Waals surface area contributed by atoms with Crippen molar-refractivity contribution >= 4 is 23.5 Å². The Labute approximate surface area is 146 Å². The van der Waals surface area contributed by atoms with E-state index in [0.29, 0.717) is 35.1 Å². The van der Waals surface area contributed by atoms with Gasteiger partial charge in [-0.1, -0.05) is 17.7 Å². The van der Waals surface area contributed by atoms with Crippen LogP contribution in [-0.4, -0.2) is 37.0 Å². The van der Waals surface area contributed by atoms with E-state index in [9.17, 15) is 9.59 Å². The molecule has 7 heteroatoms. The summed E-state index contributed by atoms with van der Waals surface area (Å²) >= 11 is 6.20. The predicted molar refractivity (Wildman–Crippen MR) is 93.0 cm³/mol. The van der Waals surface area contributed by atoms with Crippen molar-refractivity contribution in [2.45, 2.75) is 26.8 Å². The molecular weight excluding hydrogens is 330 g/mol. The van der Waals surface area contributed by atoms with E-state index < -0.39 is 6.04 Å². The molecule has 0 spiro atoms. The Morgan fingerprint density at radius 2 is 2.00 bits per heavy atom. The van der Waals surface area contributed by atoms with Crippen LogP contribution in [0, 0.1) is 0 Å². The first-order chi connectivity index (χ1) is 11.4. The maximum absolute atomic E-state index is 12.9. The van der Waals surface area contributed by atoms with Gasteiger partial charge in [-0.15, -0.1) is 0 Å². The maximum atomic E-state index is 12.9. The van der Waals surface area contributed by atoms with E-state index in [1.54, 1.807) is 30.0 Å². The van der Waals surface area contributed by atoms with Gasteiger partial charge in [-0.2, -0.15) is 0 Å². The highest BCUT2D eigenvalue weighted by Crippen LogP contribution is 2.33. The second kappa shape index (κ2) is 7.57. The molecule has 1 aliphatic rings. The van der Waals surface area contributed by atoms with Crippen molar-refractivity contribution in [1.82, 2.24) is 15.5 Å². The van der Waals surface area contributed by atoms with Crippen LogP contribution in [0.1, 0.15) is 32.4 Å². The number of benzene rings is 1. The van der Waals surface area contributed by atoms with Crippen molar-refractivity contribution in [3.05, 3.63) is 40.1 Å². The van der Waals surface area contributed by atoms with E-state index in [1.807, 2.05) is 13.8 Å². The number of halogens is 1. The number of likely N-dealkylation sites (N-methyl/N-ethyl adjacent to an activating group) is 1. The van der Waals surface area contributed by atoms with Crippen molar-refractivity contribution in [2.75, 3.05) is 20.2 Å². The van der Waals surface area contributed by atoms with Crippen LogP contribution in [0.4, 0.5) is 4.79 Å². The molecule has 0 saturated heterocycles. The van der Waals surface area contributed by atoms with Crippen LogP contribution < -0.4 is 15.4 Å². The number of hydrogen-bond donors (Lipinski definition) is 2. The molecule has 1 aromatic rings. The summed E-state index contributed by atoms with van der Waals surface area (Å²) in [5.41, 5.74) is 1.79. The molecule has 0 fully saturated rings. The van der Waals surface area contributed by atoms with E-state index in [2.05, 4.69) is 10.6 Å². The normalized spacial score (nSPS) is 17.2. The third-order valence-corrected chi connectivity index (χ3v) is 4.35. The number of carbonyl (C=O) groups excluding carboxylic acids is 2. The molecule has 0 aromatic heterocycles. The molecule has 1 aromatic carbocycles. The summed E-state index contributed by atoms with van der Waals surface area (Å²) in [4.78, 5) is 26.5. The van der Waals surface area contributed by atoms with Gasteiger partial charge in [0.25, 0.3) is 5.91 Å². The number of urea groups is 1. The topological polar surface area (TPSA) is 70.7 Å². The second-order valence-corrected chi connectivity index (χ2v) is 5.85. The first-order valence-electron chi connectivity index (χ1n) is 7.83. The second-order valence-electron chi connectivity index (χ2n) is 5.44. The number of amides is 3. The van der Waals surface area contributed by atoms with Crippen LogP contribution in [-0.2, 0) is 4.79 Å². The first kappa shape index (κ1) is 18.1. The fourth-order valence-electron chi connectivity index (χ4n) is 2.77. The van der Waals surface area contributed by atoms with E-state index in [4.69, 9.17) is 16.3 Å². The Hall–Kier alpha value is -2.21. The highest BCUT2D eigenvalue weighted by atomic mass is 35.5. The zero-order chi connectivity index (χ0) is 17.9. The predicted octanol–water partition coefficient (Wildman–Crippen LogP) is 2.84. The number of ether oxygens (including phenoxy) is 1. The van der Waals surface area contributed by atoms with E-state index in [0.717, 1.165) is 5.56 Å². The maximum Gasteiger partial charge on any atom is 0.319 e. The summed E-state index contributed by atoms with van der Waals surface area (Å²) in [6, 6.07) is 4.32. The number of hydrogen-bond acceptors (Lipinski definition) is 3. The van der Waals surface area contributed by atoms with Crippen LogP contribution in [0.2, 0.25) is 5.02 Å². The molecule has 2 N–H and O–H groups in total. The van der Waals surface area contributed by atoms with Crippen LogP contribution >= 0.6 is 11.6 Å². The Morgan fingerprint density at radius 1 is 1.33 bits per heavy atom. The van der Waals surface area contributed by atoms with Gasteiger partial charge in [0.1, 0.15) is 5.75 Å². The Bertz CT molecular complexity index is 684. The molecule has 6 nitrogen and oxygen atoms in total. The van der Waals surface area contributed by atoms with E-state index >= 15 is 0 Å². The van der Waals surface area contributed by atoms with Gasteiger partial charge in [-0.05, 0) is 38.5 Å². The van der Waals surface area contributed by atoms with Crippen molar-refractivity contribution < 1.29 is 14.3 Å². The molecule has 1 atom stereocenters. The first-order valence-corrected chi connectivity index (χ1v) is 8.21. The Kier molecular flexibility index (Phi) is 5.72. The van der Waals surface area contributed by atoms with Crippen molar-refractivity contribution in [3.8, 4) is 5.75 Å². The minimum atomic E-state index is -0.560. The highest BCUT2D eigenvalue weighted by molar-refractivity contribution is 6.32. The van der Waals surface area contributed by atoms with Gasteiger partial charge < -0.3 is 20.3 Å². The Balaban J connectivity index is 2.48. The van der Waals surface area contributed by atoms with Crippen molar-refractivity contribution in [2.24, 2.45) is 0 Å². The van der Waals surface area contributed by atoms with Crippen molar-refractivity contribution in [3.63, 3.8) is 0 Å². The molecule has 0 saturated carbocycles. The monoisotopic (exact) mass is 351 g/mol. The molecule has 0 aliphatic carbocycles. The fourth-order valence-corrected chi connectivity index (χ4v) is 3.04. The molecule has 1 heterocycles. The molecule has 0 unspecified atom stereocenters. The molecular formula is C17H22ClN3O3. The molecule has 1 aliphatic heterocycles. The van der Waals surface area contributed by atoms with Crippen LogP contribution in [0.25, 0.3) is 0 Å². The smallest absolute Gasteiger partial charge is 0.319 e. The van der Waals surface area contributed by atoms with Gasteiger partial charge in [0.05, 0.1) is 23.7 Å². The average Bonchev–Trinajstić information content (AvgIpc) is 2.55. The zero-order valence-electron chi connectivity index (χ0n) is 14.3. The number of nitrogens with one attached hydrogen (secondary N) is 2. The molecule has 2 rings (SSSR count). The minimum absolute atomic E-state index is 0.109. The minimum Gasteiger partial charge on any atom is -0.495 e. The van der Waals surface area contributed by atoms with E-state index in [-0.39, 0.29) is 11.9 Å². The van der Waals surface area contributed by atoms with Gasteiger partial charge in [0.15, 0.2) is 0 Å². The summed E-state index contributed by atoms with van der Waals surface area (Å²) < 4.78 is 5.16. The summed E-state index contributed by atoms with van der Waals surface area (Å²) in [5, 5.41) is 5.91. The molecule has 130 valence electrons. The van der Waals surface area contributed by atoms with Crippen LogP contribution in [0.5, 0.6) is 5.75 Å². The lowest BCUT2D eigenvalue weighted by atomic mass is 9.94. The number of rotatable bonds is 5. The third kappa shape index (κ3) is 3.48. The summed E-state index contributed by atoms with van der Waals surface area (Å²) in [7, 11) is 1.53. The summed E-state index contributed by atoms with van der Waals surface area (Å²) in [6.45, 7) is 6.76. The lowest BCUT2D eigenvalue weighted by Crippen LogP contribution is -2.47. The Morgan fingerprint density at radius 3 is 2.54 bits per heavy atom. The van der Waals surface area contributed by atoms with E-state index in [1.165, 1.54) is 7.11 Å². The summed E-state index contributed by atoms with van der Waals surface area (Å²) in [5.74, 6) is 0.430. The van der Waals surface area contributed by atoms with Gasteiger partial charge in [0, 0.05) is 18.8 Å². The number of methoxy groups -OCH3 is 1. The standard InChI is InChI=1S/C17H22ClN3O3/c1-5-21(6-2)16(22)14-10(3)19-17(23)20-15(14)11-7-8-13(24-4)12(18)9-11/h7-9,15H,5-6H2,1-4H3,(H2,19,20,23)/t15-/m0/s1. The molecule has 0 bridgehead atoms. The van der Waals surface area contributed by atoms with Crippen LogP contribution in [0.15, 0.2) is 29.5 Å². The number of carbonyl (C=O) groups is 2. The van der Waals surface area contributed by atoms with Gasteiger partial charge in [-0.25, -0.2) is 4.79 Å². The van der Waals surface area contributed by atoms with Crippen molar-refractivity contribution in [1.29, 1.82) is 0 Å². The quantitative estimate of drug-likeness (QED) is 0.857. The SMILES string of the molecule is CCN(CC)C(=O)C1=C(C)NC(=O)N[C@H]1c1ccc(OC)c(Cl)c1. The van der Waals surface area contributed by atoms with Gasteiger partial charge >= 0.3 is 6.03 Å². The number of allylic oxidation sites excluding steroid dienone is 1. The largest absolute Gasteiger partial charge is 0.495 e. The molecule has 3 amide bonds. The van der Waals surface area contributed by atoms with Gasteiger partial charge in [-0.3, -0.25) is 4.79 Å². The third-order valence-electron chi connectivity index (χ3n) is 4.06. The molecule has 0 radical (unpaired) electrons. The zero-order valence-corrected chi connectivity index (χ0v) is 15.0. The fraction of sp³-hybridized carbons (Fsp3) is 0.412. The average molecular weight is 352 g/mol. The highest BCUT2D eigenvalue weighted by Gasteiger charge is 2.33. The lowest BCUT2D eigenvalue weighted by molar-refractivity contribution is -0.127. The van der Waals surface area contributed by atoms with Gasteiger partial charge in [0.2, 0.25) is 0 Å². The van der Waals surface area contributed by atoms with Crippen LogP contribution in [0.3, 0.4) is 0 Å². The summed E-state index contributed by atoms with van der Waals surface area (Å²) in [6.07, 6.45) is 0. The molecule has 24 heavy (non-hydrogen) atoms. The number of nitrogens with zero attached hydrogens (tertiary/aromatic N) is 1. The lowest BCUT2D eigenvalue weighted by Gasteiger charge is -2.31.